The SMILES string of the molecule is CCOC(=O)CC(C)N(C)CCN(C)C. The number of ether oxygens (including phenoxy) is 1. The third-order valence-corrected chi connectivity index (χ3v) is 2.42. The highest BCUT2D eigenvalue weighted by Crippen LogP contribution is 2.02. The first-order valence-corrected chi connectivity index (χ1v) is 5.48. The molecule has 0 radical (unpaired) electrons. The minimum Gasteiger partial charge on any atom is -0.466 e. The number of hydrogen-bond donors (Lipinski definition) is 0. The average Bonchev–Trinajstić information content (AvgIpc) is 2.14. The lowest BCUT2D eigenvalue weighted by Gasteiger charge is -2.25. The predicted molar refractivity (Wildman–Crippen MR) is 61.9 cm³/mol. The molecule has 0 bridgehead atoms. The lowest BCUT2D eigenvalue weighted by Crippen LogP contribution is -2.36. The van der Waals surface area contributed by atoms with Gasteiger partial charge in [-0.1, -0.05) is 0 Å². The zero-order valence-corrected chi connectivity index (χ0v) is 10.6. The maximum absolute atomic E-state index is 11.2. The van der Waals surface area contributed by atoms with Crippen LogP contribution in [-0.2, 0) is 9.53 Å². The summed E-state index contributed by atoms with van der Waals surface area (Å²) in [5, 5.41) is 0. The summed E-state index contributed by atoms with van der Waals surface area (Å²) in [5.41, 5.74) is 0. The number of carbonyl (C=O) groups excluding carboxylic acids is 1. The van der Waals surface area contributed by atoms with Crippen molar-refractivity contribution in [3.8, 4) is 0 Å². The van der Waals surface area contributed by atoms with E-state index in [1.807, 2.05) is 35.0 Å². The summed E-state index contributed by atoms with van der Waals surface area (Å²) in [6.07, 6.45) is 0.470. The highest BCUT2D eigenvalue weighted by molar-refractivity contribution is 5.69. The molecule has 0 spiro atoms. The van der Waals surface area contributed by atoms with Gasteiger partial charge in [0.15, 0.2) is 0 Å². The number of carbonyl (C=O) groups is 1. The monoisotopic (exact) mass is 216 g/mol. The largest absolute Gasteiger partial charge is 0.466 e. The van der Waals surface area contributed by atoms with E-state index in [0.29, 0.717) is 13.0 Å². The Balaban J connectivity index is 3.77. The second-order valence-electron chi connectivity index (χ2n) is 4.14. The van der Waals surface area contributed by atoms with Crippen LogP contribution in [0.3, 0.4) is 0 Å². The van der Waals surface area contributed by atoms with Crippen molar-refractivity contribution in [2.75, 3.05) is 40.8 Å². The number of hydrogen-bond acceptors (Lipinski definition) is 4. The van der Waals surface area contributed by atoms with E-state index in [4.69, 9.17) is 4.74 Å². The molecule has 0 fully saturated rings. The maximum Gasteiger partial charge on any atom is 0.307 e. The Hall–Kier alpha value is -0.610. The molecular formula is C11H24N2O2. The lowest BCUT2D eigenvalue weighted by molar-refractivity contribution is -0.144. The minimum atomic E-state index is -0.110. The molecule has 4 nitrogen and oxygen atoms in total. The Morgan fingerprint density at radius 3 is 2.33 bits per heavy atom. The summed E-state index contributed by atoms with van der Waals surface area (Å²) in [4.78, 5) is 15.5. The number of rotatable bonds is 7. The normalized spacial score (nSPS) is 13.3. The summed E-state index contributed by atoms with van der Waals surface area (Å²) >= 11 is 0. The van der Waals surface area contributed by atoms with E-state index in [9.17, 15) is 4.79 Å². The van der Waals surface area contributed by atoms with Gasteiger partial charge in [-0.05, 0) is 35.0 Å². The van der Waals surface area contributed by atoms with E-state index in [0.717, 1.165) is 13.1 Å². The van der Waals surface area contributed by atoms with Crippen LogP contribution in [0.4, 0.5) is 0 Å². The van der Waals surface area contributed by atoms with Crippen molar-refractivity contribution in [3.05, 3.63) is 0 Å². The Morgan fingerprint density at radius 1 is 1.27 bits per heavy atom. The van der Waals surface area contributed by atoms with E-state index in [1.165, 1.54) is 0 Å². The van der Waals surface area contributed by atoms with Crippen LogP contribution in [-0.4, -0.2) is 62.7 Å². The van der Waals surface area contributed by atoms with Crippen LogP contribution >= 0.6 is 0 Å². The molecule has 0 amide bonds. The Kier molecular flexibility index (Phi) is 7.34. The molecule has 1 unspecified atom stereocenters. The summed E-state index contributed by atoms with van der Waals surface area (Å²) in [6.45, 7) is 6.31. The molecule has 90 valence electrons. The van der Waals surface area contributed by atoms with Gasteiger partial charge in [0, 0.05) is 19.1 Å². The standard InChI is InChI=1S/C11H24N2O2/c1-6-15-11(14)9-10(2)13(5)8-7-12(3)4/h10H,6-9H2,1-5H3. The molecule has 0 saturated carbocycles. The first-order chi connectivity index (χ1) is 6.97. The second kappa shape index (κ2) is 7.65. The van der Waals surface area contributed by atoms with Crippen LogP contribution in [0.25, 0.3) is 0 Å². The fraction of sp³-hybridized carbons (Fsp3) is 0.909. The number of nitrogens with zero attached hydrogens (tertiary/aromatic N) is 2. The summed E-state index contributed by atoms with van der Waals surface area (Å²) < 4.78 is 4.91. The molecule has 0 saturated heterocycles. The van der Waals surface area contributed by atoms with Crippen LogP contribution in [0.2, 0.25) is 0 Å². The van der Waals surface area contributed by atoms with Gasteiger partial charge in [-0.25, -0.2) is 0 Å². The molecule has 0 aromatic heterocycles. The smallest absolute Gasteiger partial charge is 0.307 e. The molecule has 0 aromatic rings. The molecule has 0 aliphatic carbocycles. The molecule has 0 aromatic carbocycles. The van der Waals surface area contributed by atoms with E-state index in [1.54, 1.807) is 0 Å². The predicted octanol–water partition coefficient (Wildman–Crippen LogP) is 0.822. The maximum atomic E-state index is 11.2. The number of likely N-dealkylation sites (N-methyl/N-ethyl adjacent to an activating group) is 2. The third-order valence-electron chi connectivity index (χ3n) is 2.42. The molecular weight excluding hydrogens is 192 g/mol. The van der Waals surface area contributed by atoms with Gasteiger partial charge in [-0.15, -0.1) is 0 Å². The highest BCUT2D eigenvalue weighted by atomic mass is 16.5. The fourth-order valence-electron chi connectivity index (χ4n) is 1.20. The summed E-state index contributed by atoms with van der Waals surface area (Å²) in [7, 11) is 6.13. The molecule has 0 aliphatic heterocycles. The van der Waals surface area contributed by atoms with Crippen molar-refractivity contribution in [1.29, 1.82) is 0 Å². The van der Waals surface area contributed by atoms with Gasteiger partial charge in [0.2, 0.25) is 0 Å². The van der Waals surface area contributed by atoms with Gasteiger partial charge in [-0.3, -0.25) is 4.79 Å². The van der Waals surface area contributed by atoms with Gasteiger partial charge in [0.1, 0.15) is 0 Å². The van der Waals surface area contributed by atoms with Crippen molar-refractivity contribution in [2.24, 2.45) is 0 Å². The van der Waals surface area contributed by atoms with Crippen LogP contribution < -0.4 is 0 Å². The second-order valence-corrected chi connectivity index (χ2v) is 4.14. The molecule has 4 heteroatoms. The van der Waals surface area contributed by atoms with Gasteiger partial charge in [-0.2, -0.15) is 0 Å². The van der Waals surface area contributed by atoms with Crippen LogP contribution in [0, 0.1) is 0 Å². The van der Waals surface area contributed by atoms with E-state index < -0.39 is 0 Å². The van der Waals surface area contributed by atoms with Crippen molar-refractivity contribution < 1.29 is 9.53 Å². The Bertz CT molecular complexity index is 183. The molecule has 0 N–H and O–H groups in total. The van der Waals surface area contributed by atoms with Crippen molar-refractivity contribution in [2.45, 2.75) is 26.3 Å². The van der Waals surface area contributed by atoms with E-state index in [2.05, 4.69) is 9.80 Å². The van der Waals surface area contributed by atoms with Crippen molar-refractivity contribution >= 4 is 5.97 Å². The molecule has 0 rings (SSSR count). The van der Waals surface area contributed by atoms with Crippen LogP contribution in [0.15, 0.2) is 0 Å². The molecule has 15 heavy (non-hydrogen) atoms. The third kappa shape index (κ3) is 7.33. The van der Waals surface area contributed by atoms with E-state index >= 15 is 0 Å². The van der Waals surface area contributed by atoms with Gasteiger partial charge in [0.05, 0.1) is 13.0 Å². The Labute approximate surface area is 93.2 Å². The Morgan fingerprint density at radius 2 is 1.87 bits per heavy atom. The molecule has 1 atom stereocenters. The first-order valence-electron chi connectivity index (χ1n) is 5.48. The molecule has 0 aliphatic rings. The summed E-state index contributed by atoms with van der Waals surface area (Å²) in [6, 6.07) is 0.240. The topological polar surface area (TPSA) is 32.8 Å². The summed E-state index contributed by atoms with van der Waals surface area (Å²) in [5.74, 6) is -0.110. The average molecular weight is 216 g/mol. The number of esters is 1. The molecule has 0 heterocycles. The van der Waals surface area contributed by atoms with E-state index in [-0.39, 0.29) is 12.0 Å². The van der Waals surface area contributed by atoms with Crippen molar-refractivity contribution in [1.82, 2.24) is 9.80 Å². The zero-order valence-electron chi connectivity index (χ0n) is 10.6. The van der Waals surface area contributed by atoms with Gasteiger partial charge in [0.25, 0.3) is 0 Å². The quantitative estimate of drug-likeness (QED) is 0.590. The first kappa shape index (κ1) is 14.4. The zero-order chi connectivity index (χ0) is 11.8. The van der Waals surface area contributed by atoms with Gasteiger partial charge < -0.3 is 14.5 Å². The lowest BCUT2D eigenvalue weighted by atomic mass is 10.2. The van der Waals surface area contributed by atoms with Crippen molar-refractivity contribution in [3.63, 3.8) is 0 Å². The highest BCUT2D eigenvalue weighted by Gasteiger charge is 2.14. The van der Waals surface area contributed by atoms with Crippen LogP contribution in [0.5, 0.6) is 0 Å². The fourth-order valence-corrected chi connectivity index (χ4v) is 1.20. The minimum absolute atomic E-state index is 0.110. The van der Waals surface area contributed by atoms with Crippen LogP contribution in [0.1, 0.15) is 20.3 Å². The van der Waals surface area contributed by atoms with Gasteiger partial charge >= 0.3 is 5.97 Å².